The van der Waals surface area contributed by atoms with Crippen LogP contribution < -0.4 is 5.32 Å². The molecule has 2 aromatic carbocycles. The van der Waals surface area contributed by atoms with Crippen molar-refractivity contribution >= 4 is 21.6 Å². The van der Waals surface area contributed by atoms with Crippen LogP contribution >= 0.6 is 0 Å². The maximum Gasteiger partial charge on any atom is 0.276 e. The molecule has 31 heavy (non-hydrogen) atoms. The van der Waals surface area contributed by atoms with Crippen molar-refractivity contribution in [2.75, 3.05) is 19.5 Å². The molecule has 162 valence electrons. The number of sulfonamides is 1. The normalized spacial score (nSPS) is 13.4. The van der Waals surface area contributed by atoms with Crippen LogP contribution in [-0.4, -0.2) is 42.7 Å². The van der Waals surface area contributed by atoms with Gasteiger partial charge >= 0.3 is 0 Å². The average molecular weight is 441 g/mol. The van der Waals surface area contributed by atoms with E-state index in [2.05, 4.69) is 10.4 Å². The van der Waals surface area contributed by atoms with E-state index in [9.17, 15) is 13.2 Å². The third-order valence-electron chi connectivity index (χ3n) is 5.49. The molecule has 3 aromatic rings. The van der Waals surface area contributed by atoms with E-state index >= 15 is 0 Å². The number of nitrogens with zero attached hydrogens (tertiary/aromatic N) is 3. The van der Waals surface area contributed by atoms with E-state index in [4.69, 9.17) is 4.84 Å². The van der Waals surface area contributed by atoms with Gasteiger partial charge in [0.15, 0.2) is 5.69 Å². The number of carbonyl (C=O) groups is 1. The van der Waals surface area contributed by atoms with E-state index in [0.29, 0.717) is 11.4 Å². The number of carbonyl (C=O) groups excluding carboxylic acids is 1. The molecule has 0 aliphatic heterocycles. The van der Waals surface area contributed by atoms with Crippen molar-refractivity contribution in [1.82, 2.24) is 14.2 Å². The number of benzene rings is 2. The lowest BCUT2D eigenvalue weighted by Gasteiger charge is -2.14. The van der Waals surface area contributed by atoms with Crippen molar-refractivity contribution in [2.24, 2.45) is 0 Å². The molecule has 1 aliphatic carbocycles. The number of amides is 1. The monoisotopic (exact) mass is 440 g/mol. The molecular formula is C22H24N4O4S. The smallest absolute Gasteiger partial charge is 0.276 e. The molecule has 0 saturated carbocycles. The molecule has 0 bridgehead atoms. The Labute approximate surface area is 181 Å². The van der Waals surface area contributed by atoms with E-state index in [-0.39, 0.29) is 10.8 Å². The summed E-state index contributed by atoms with van der Waals surface area (Å²) >= 11 is 0. The van der Waals surface area contributed by atoms with Gasteiger partial charge in [0, 0.05) is 24.0 Å². The van der Waals surface area contributed by atoms with Gasteiger partial charge in [0.05, 0.1) is 17.7 Å². The molecule has 8 nitrogen and oxygen atoms in total. The van der Waals surface area contributed by atoms with Gasteiger partial charge in [-0.2, -0.15) is 5.10 Å². The fourth-order valence-corrected chi connectivity index (χ4v) is 4.74. The van der Waals surface area contributed by atoms with Crippen LogP contribution in [0.5, 0.6) is 0 Å². The van der Waals surface area contributed by atoms with Crippen molar-refractivity contribution in [3.63, 3.8) is 0 Å². The highest BCUT2D eigenvalue weighted by Crippen LogP contribution is 2.29. The molecule has 1 amide bonds. The topological polar surface area (TPSA) is 93.5 Å². The molecule has 1 aromatic heterocycles. The quantitative estimate of drug-likeness (QED) is 0.595. The number of nitrogens with one attached hydrogen (secondary N) is 1. The molecule has 4 rings (SSSR count). The van der Waals surface area contributed by atoms with Crippen LogP contribution in [0.3, 0.4) is 0 Å². The van der Waals surface area contributed by atoms with Crippen LogP contribution in [0.25, 0.3) is 5.69 Å². The number of aromatic nitrogens is 2. The van der Waals surface area contributed by atoms with Crippen LogP contribution in [0.4, 0.5) is 5.69 Å². The van der Waals surface area contributed by atoms with Gasteiger partial charge in [0.2, 0.25) is 0 Å². The molecule has 1 aliphatic rings. The second-order valence-electron chi connectivity index (χ2n) is 7.40. The SMILES string of the molecule is CON(C)S(=O)(=O)c1ccc(NC(=O)c2nn(-c3ccccc3C)c3c2CCC3)cc1. The van der Waals surface area contributed by atoms with Crippen molar-refractivity contribution in [3.8, 4) is 5.69 Å². The first-order chi connectivity index (χ1) is 14.8. The van der Waals surface area contributed by atoms with Crippen molar-refractivity contribution in [3.05, 3.63) is 71.0 Å². The Morgan fingerprint density at radius 2 is 1.84 bits per heavy atom. The summed E-state index contributed by atoms with van der Waals surface area (Å²) in [5.41, 5.74) is 5.00. The summed E-state index contributed by atoms with van der Waals surface area (Å²) < 4.78 is 27.3. The first-order valence-corrected chi connectivity index (χ1v) is 11.4. The first kappa shape index (κ1) is 21.2. The number of hydrogen-bond donors (Lipinski definition) is 1. The summed E-state index contributed by atoms with van der Waals surface area (Å²) in [6.07, 6.45) is 2.67. The summed E-state index contributed by atoms with van der Waals surface area (Å²) in [5, 5.41) is 7.47. The Balaban J connectivity index is 1.60. The molecule has 0 fully saturated rings. The third kappa shape index (κ3) is 3.87. The van der Waals surface area contributed by atoms with E-state index < -0.39 is 10.0 Å². The summed E-state index contributed by atoms with van der Waals surface area (Å²) in [6, 6.07) is 13.9. The van der Waals surface area contributed by atoms with Gasteiger partial charge in [0.25, 0.3) is 15.9 Å². The van der Waals surface area contributed by atoms with E-state index in [1.165, 1.54) is 26.3 Å². The lowest BCUT2D eigenvalue weighted by Crippen LogP contribution is -2.25. The molecule has 0 radical (unpaired) electrons. The van der Waals surface area contributed by atoms with Gasteiger partial charge in [-0.3, -0.25) is 9.63 Å². The maximum absolute atomic E-state index is 13.0. The van der Waals surface area contributed by atoms with Crippen LogP contribution in [0.2, 0.25) is 0 Å². The lowest BCUT2D eigenvalue weighted by atomic mass is 10.1. The fraction of sp³-hybridized carbons (Fsp3) is 0.273. The number of anilines is 1. The Morgan fingerprint density at radius 1 is 1.13 bits per heavy atom. The fourth-order valence-electron chi connectivity index (χ4n) is 3.77. The number of hydroxylamine groups is 1. The molecule has 1 heterocycles. The van der Waals surface area contributed by atoms with Crippen LogP contribution in [0.15, 0.2) is 53.4 Å². The molecule has 0 spiro atoms. The van der Waals surface area contributed by atoms with E-state index in [1.807, 2.05) is 35.9 Å². The summed E-state index contributed by atoms with van der Waals surface area (Å²) in [7, 11) is -1.15. The predicted molar refractivity (Wildman–Crippen MR) is 117 cm³/mol. The molecule has 0 atom stereocenters. The number of para-hydroxylation sites is 1. The zero-order chi connectivity index (χ0) is 22.2. The highest BCUT2D eigenvalue weighted by Gasteiger charge is 2.27. The molecule has 0 saturated heterocycles. The van der Waals surface area contributed by atoms with Gasteiger partial charge in [-0.1, -0.05) is 22.7 Å². The number of fused-ring (bicyclic) bond motifs is 1. The largest absolute Gasteiger partial charge is 0.321 e. The zero-order valence-electron chi connectivity index (χ0n) is 17.6. The number of rotatable bonds is 6. The van der Waals surface area contributed by atoms with Crippen molar-refractivity contribution in [1.29, 1.82) is 0 Å². The number of aryl methyl sites for hydroxylation is 1. The van der Waals surface area contributed by atoms with Gasteiger partial charge in [-0.15, -0.1) is 0 Å². The number of hydrogen-bond acceptors (Lipinski definition) is 5. The van der Waals surface area contributed by atoms with Crippen molar-refractivity contribution in [2.45, 2.75) is 31.1 Å². The van der Waals surface area contributed by atoms with Gasteiger partial charge in [0.1, 0.15) is 0 Å². The highest BCUT2D eigenvalue weighted by molar-refractivity contribution is 7.89. The molecular weight excluding hydrogens is 416 g/mol. The van der Waals surface area contributed by atoms with Crippen LogP contribution in [0.1, 0.15) is 33.7 Å². The Bertz CT molecular complexity index is 1230. The summed E-state index contributed by atoms with van der Waals surface area (Å²) in [6.45, 7) is 2.02. The average Bonchev–Trinajstić information content (AvgIpc) is 3.37. The lowest BCUT2D eigenvalue weighted by molar-refractivity contribution is -0.0258. The minimum Gasteiger partial charge on any atom is -0.321 e. The van der Waals surface area contributed by atoms with Crippen LogP contribution in [-0.2, 0) is 27.7 Å². The Hall–Kier alpha value is -3.01. The molecule has 9 heteroatoms. The third-order valence-corrected chi connectivity index (χ3v) is 7.19. The van der Waals surface area contributed by atoms with Gasteiger partial charge in [-0.25, -0.2) is 13.1 Å². The second kappa shape index (κ2) is 8.26. The van der Waals surface area contributed by atoms with E-state index in [0.717, 1.165) is 46.2 Å². The highest BCUT2D eigenvalue weighted by atomic mass is 32.2. The predicted octanol–water partition coefficient (Wildman–Crippen LogP) is 3.10. The second-order valence-corrected chi connectivity index (χ2v) is 9.34. The minimum atomic E-state index is -3.74. The van der Waals surface area contributed by atoms with Crippen LogP contribution in [0, 0.1) is 6.92 Å². The summed E-state index contributed by atoms with van der Waals surface area (Å²) in [5.74, 6) is -0.310. The Kier molecular flexibility index (Phi) is 5.65. The Morgan fingerprint density at radius 3 is 2.52 bits per heavy atom. The van der Waals surface area contributed by atoms with Gasteiger partial charge in [-0.05, 0) is 62.1 Å². The molecule has 1 N–H and O–H groups in total. The van der Waals surface area contributed by atoms with E-state index in [1.54, 1.807) is 12.1 Å². The minimum absolute atomic E-state index is 0.0690. The summed E-state index contributed by atoms with van der Waals surface area (Å²) in [4.78, 5) is 17.9. The standard InChI is InChI=1S/C22H24N4O4S/c1-15-7-4-5-9-19(15)26-20-10-6-8-18(20)21(24-26)22(27)23-16-11-13-17(14-12-16)31(28,29)25(2)30-3/h4-5,7,9,11-14H,6,8,10H2,1-3H3,(H,23,27). The first-order valence-electron chi connectivity index (χ1n) is 9.94. The molecule has 0 unspecified atom stereocenters. The zero-order valence-corrected chi connectivity index (χ0v) is 18.4. The maximum atomic E-state index is 13.0. The van der Waals surface area contributed by atoms with Crippen molar-refractivity contribution < 1.29 is 18.0 Å². The van der Waals surface area contributed by atoms with Gasteiger partial charge < -0.3 is 5.32 Å².